The van der Waals surface area contributed by atoms with Crippen LogP contribution in [0.15, 0.2) is 60.8 Å². The lowest BCUT2D eigenvalue weighted by molar-refractivity contribution is 0.0505. The third-order valence-electron chi connectivity index (χ3n) is 7.62. The number of carbonyl (C=O) groups is 3. The van der Waals surface area contributed by atoms with Crippen molar-refractivity contribution in [3.63, 3.8) is 0 Å². The van der Waals surface area contributed by atoms with Gasteiger partial charge in [-0.3, -0.25) is 9.59 Å². The number of aromatic nitrogens is 1. The first-order valence-electron chi connectivity index (χ1n) is 13.1. The van der Waals surface area contributed by atoms with Gasteiger partial charge in [0.05, 0.1) is 22.9 Å². The monoisotopic (exact) mass is 534 g/mol. The fourth-order valence-corrected chi connectivity index (χ4v) is 5.86. The summed E-state index contributed by atoms with van der Waals surface area (Å²) in [6.45, 7) is 0. The normalized spacial score (nSPS) is 20.1. The highest BCUT2D eigenvalue weighted by molar-refractivity contribution is 6.05. The van der Waals surface area contributed by atoms with Gasteiger partial charge in [0.15, 0.2) is 5.78 Å². The molecule has 2 bridgehead atoms. The highest BCUT2D eigenvalue weighted by atomic mass is 19.1. The Kier molecular flexibility index (Phi) is 7.67. The molecule has 3 aromatic rings. The van der Waals surface area contributed by atoms with E-state index in [4.69, 9.17) is 4.74 Å². The molecular formula is C30H28F2N2O5. The first-order valence-corrected chi connectivity index (χ1v) is 13.1. The number of hydrogen-bond acceptors (Lipinski definition) is 5. The minimum Gasteiger partial charge on any atom is -0.478 e. The van der Waals surface area contributed by atoms with Crippen molar-refractivity contribution in [3.8, 4) is 11.6 Å². The van der Waals surface area contributed by atoms with Crippen molar-refractivity contribution >= 4 is 17.7 Å². The predicted octanol–water partition coefficient (Wildman–Crippen LogP) is 6.29. The summed E-state index contributed by atoms with van der Waals surface area (Å²) in [6.07, 6.45) is 5.87. The minimum atomic E-state index is -1.12. The standard InChI is InChI=1S/C30H28F2N2O5/c31-19-8-12-23(13-9-19)39-28-26(16-20(32)17-33-28)27(35)7-3-4-18-14-21-10-11-22(15-18)34(21)29(36)24-5-1-2-6-25(24)30(37)38/h1-2,5-6,8-9,12-13,16-18,21-22H,3-4,7,10-11,14-15H2,(H,37,38)/t18?,21-,22+. The quantitative estimate of drug-likeness (QED) is 0.324. The number of carboxylic acids is 1. The summed E-state index contributed by atoms with van der Waals surface area (Å²) in [6, 6.07) is 12.7. The molecule has 5 rings (SSSR count). The van der Waals surface area contributed by atoms with Crippen LogP contribution in [0.1, 0.15) is 76.0 Å². The van der Waals surface area contributed by atoms with Crippen molar-refractivity contribution in [3.05, 3.63) is 89.1 Å². The molecule has 3 heterocycles. The Morgan fingerprint density at radius 1 is 0.923 bits per heavy atom. The minimum absolute atomic E-state index is 0.0113. The Bertz CT molecular complexity index is 1380. The van der Waals surface area contributed by atoms with Gasteiger partial charge >= 0.3 is 5.97 Å². The number of fused-ring (bicyclic) bond motifs is 2. The van der Waals surface area contributed by atoms with Gasteiger partial charge in [-0.05, 0) is 86.9 Å². The molecule has 7 nitrogen and oxygen atoms in total. The van der Waals surface area contributed by atoms with Crippen molar-refractivity contribution in [1.29, 1.82) is 0 Å². The molecule has 1 amide bonds. The van der Waals surface area contributed by atoms with Gasteiger partial charge in [-0.25, -0.2) is 18.6 Å². The number of carboxylic acid groups (broad SMARTS) is 1. The Morgan fingerprint density at radius 2 is 1.59 bits per heavy atom. The molecule has 2 fully saturated rings. The van der Waals surface area contributed by atoms with E-state index in [1.165, 1.54) is 30.3 Å². The zero-order valence-electron chi connectivity index (χ0n) is 21.2. The van der Waals surface area contributed by atoms with E-state index in [0.29, 0.717) is 12.3 Å². The number of carbonyl (C=O) groups excluding carboxylic acids is 2. The number of hydrogen-bond donors (Lipinski definition) is 1. The summed E-state index contributed by atoms with van der Waals surface area (Å²) in [5.74, 6) is -2.14. The van der Waals surface area contributed by atoms with Gasteiger partial charge in [0.1, 0.15) is 17.4 Å². The van der Waals surface area contributed by atoms with Crippen LogP contribution in [0.4, 0.5) is 8.78 Å². The first kappa shape index (κ1) is 26.5. The van der Waals surface area contributed by atoms with Gasteiger partial charge in [-0.2, -0.15) is 0 Å². The van der Waals surface area contributed by atoms with Crippen LogP contribution in [0, 0.1) is 17.6 Å². The molecule has 0 spiro atoms. The maximum Gasteiger partial charge on any atom is 0.336 e. The predicted molar refractivity (Wildman–Crippen MR) is 138 cm³/mol. The van der Waals surface area contributed by atoms with Gasteiger partial charge < -0.3 is 14.7 Å². The van der Waals surface area contributed by atoms with Gasteiger partial charge in [0.25, 0.3) is 5.91 Å². The molecule has 1 unspecified atom stereocenters. The van der Waals surface area contributed by atoms with E-state index in [9.17, 15) is 28.3 Å². The Labute approximate surface area is 224 Å². The molecule has 2 aromatic carbocycles. The summed E-state index contributed by atoms with van der Waals surface area (Å²) >= 11 is 0. The number of piperidine rings is 1. The van der Waals surface area contributed by atoms with E-state index < -0.39 is 17.6 Å². The second-order valence-corrected chi connectivity index (χ2v) is 10.2. The van der Waals surface area contributed by atoms with E-state index in [-0.39, 0.29) is 58.5 Å². The second-order valence-electron chi connectivity index (χ2n) is 10.2. The third-order valence-corrected chi connectivity index (χ3v) is 7.62. The molecule has 1 N–H and O–H groups in total. The average molecular weight is 535 g/mol. The second kappa shape index (κ2) is 11.3. The zero-order chi connectivity index (χ0) is 27.5. The third kappa shape index (κ3) is 5.82. The summed E-state index contributed by atoms with van der Waals surface area (Å²) in [7, 11) is 0. The average Bonchev–Trinajstić information content (AvgIpc) is 3.20. The maximum atomic E-state index is 13.9. The molecule has 2 saturated heterocycles. The fourth-order valence-electron chi connectivity index (χ4n) is 5.86. The van der Waals surface area contributed by atoms with Gasteiger partial charge in [-0.1, -0.05) is 12.1 Å². The Balaban J connectivity index is 1.19. The van der Waals surface area contributed by atoms with Crippen molar-refractivity contribution < 1.29 is 33.0 Å². The number of ether oxygens (including phenoxy) is 1. The van der Waals surface area contributed by atoms with Crippen LogP contribution in [0.2, 0.25) is 0 Å². The van der Waals surface area contributed by atoms with Gasteiger partial charge in [-0.15, -0.1) is 0 Å². The lowest BCUT2D eigenvalue weighted by Crippen LogP contribution is -2.47. The number of halogens is 2. The number of benzene rings is 2. The highest BCUT2D eigenvalue weighted by Crippen LogP contribution is 2.41. The number of pyridine rings is 1. The summed E-state index contributed by atoms with van der Waals surface area (Å²) < 4.78 is 32.7. The van der Waals surface area contributed by atoms with Gasteiger partial charge in [0, 0.05) is 18.5 Å². The van der Waals surface area contributed by atoms with Crippen LogP contribution in [0.5, 0.6) is 11.6 Å². The lowest BCUT2D eigenvalue weighted by atomic mass is 9.85. The highest BCUT2D eigenvalue weighted by Gasteiger charge is 2.43. The molecule has 1 aromatic heterocycles. The smallest absolute Gasteiger partial charge is 0.336 e. The zero-order valence-corrected chi connectivity index (χ0v) is 21.2. The largest absolute Gasteiger partial charge is 0.478 e. The number of amides is 1. The summed E-state index contributed by atoms with van der Waals surface area (Å²) in [4.78, 5) is 43.7. The summed E-state index contributed by atoms with van der Waals surface area (Å²) in [5.41, 5.74) is 0.266. The van der Waals surface area contributed by atoms with Crippen LogP contribution in [-0.2, 0) is 0 Å². The molecule has 0 aliphatic carbocycles. The number of nitrogens with zero attached hydrogens (tertiary/aromatic N) is 2. The van der Waals surface area contributed by atoms with Crippen molar-refractivity contribution in [2.45, 2.75) is 57.0 Å². The van der Waals surface area contributed by atoms with E-state index in [2.05, 4.69) is 4.98 Å². The maximum absolute atomic E-state index is 13.9. The fraction of sp³-hybridized carbons (Fsp3) is 0.333. The van der Waals surface area contributed by atoms with E-state index in [1.54, 1.807) is 18.2 Å². The molecule has 39 heavy (non-hydrogen) atoms. The molecule has 0 saturated carbocycles. The van der Waals surface area contributed by atoms with Crippen molar-refractivity contribution in [1.82, 2.24) is 9.88 Å². The lowest BCUT2D eigenvalue weighted by Gasteiger charge is -2.39. The molecule has 0 radical (unpaired) electrons. The van der Waals surface area contributed by atoms with Gasteiger partial charge in [0.2, 0.25) is 5.88 Å². The molecule has 9 heteroatoms. The van der Waals surface area contributed by atoms with Crippen LogP contribution in [0.3, 0.4) is 0 Å². The number of ketones is 1. The molecule has 3 atom stereocenters. The topological polar surface area (TPSA) is 96.8 Å². The van der Waals surface area contributed by atoms with Crippen molar-refractivity contribution in [2.75, 3.05) is 0 Å². The first-order chi connectivity index (χ1) is 18.8. The van der Waals surface area contributed by atoms with Crippen LogP contribution in [0.25, 0.3) is 0 Å². The van der Waals surface area contributed by atoms with Crippen molar-refractivity contribution in [2.24, 2.45) is 5.92 Å². The Hall–Kier alpha value is -4.14. The Morgan fingerprint density at radius 3 is 2.26 bits per heavy atom. The molecule has 2 aliphatic heterocycles. The van der Waals surface area contributed by atoms with E-state index >= 15 is 0 Å². The van der Waals surface area contributed by atoms with Crippen LogP contribution in [-0.4, -0.2) is 44.7 Å². The van der Waals surface area contributed by atoms with Crippen LogP contribution < -0.4 is 4.74 Å². The van der Waals surface area contributed by atoms with E-state index in [1.807, 2.05) is 4.90 Å². The SMILES string of the molecule is O=C(O)c1ccccc1C(=O)N1[C@@H]2CC[C@H]1CC(CCCC(=O)c1cc(F)cnc1Oc1ccc(F)cc1)C2. The number of aromatic carboxylic acids is 1. The number of Topliss-reactive ketones (excluding diaryl/α,β-unsaturated/α-hetero) is 1. The molecule has 202 valence electrons. The molecule has 2 aliphatic rings. The van der Waals surface area contributed by atoms with E-state index in [0.717, 1.165) is 44.4 Å². The number of rotatable bonds is 9. The summed E-state index contributed by atoms with van der Waals surface area (Å²) in [5, 5.41) is 9.50. The molecular weight excluding hydrogens is 506 g/mol. The van der Waals surface area contributed by atoms with Crippen LogP contribution >= 0.6 is 0 Å².